The second kappa shape index (κ2) is 10.7. The van der Waals surface area contributed by atoms with Gasteiger partial charge in [-0.3, -0.25) is 9.62 Å². The molecule has 0 saturated carbocycles. The van der Waals surface area contributed by atoms with Crippen molar-refractivity contribution >= 4 is 53.1 Å². The fourth-order valence-corrected chi connectivity index (χ4v) is 6.68. The van der Waals surface area contributed by atoms with Crippen LogP contribution < -0.4 is 9.46 Å². The van der Waals surface area contributed by atoms with Crippen LogP contribution in [0.5, 0.6) is 5.75 Å². The predicted molar refractivity (Wildman–Crippen MR) is 132 cm³/mol. The van der Waals surface area contributed by atoms with Gasteiger partial charge in [-0.05, 0) is 64.1 Å². The van der Waals surface area contributed by atoms with E-state index in [1.54, 1.807) is 6.07 Å². The molecule has 2 rings (SSSR count). The highest BCUT2D eigenvalue weighted by molar-refractivity contribution is 9.10. The summed E-state index contributed by atoms with van der Waals surface area (Å²) in [6.07, 6.45) is 0. The van der Waals surface area contributed by atoms with Crippen LogP contribution in [0.3, 0.4) is 0 Å². The lowest BCUT2D eigenvalue weighted by molar-refractivity contribution is 0.186. The summed E-state index contributed by atoms with van der Waals surface area (Å²) in [5.74, 6) is 0.0352. The molecule has 2 aromatic carbocycles. The number of methoxy groups -OCH3 is 1. The van der Waals surface area contributed by atoms with Crippen molar-refractivity contribution < 1.29 is 21.6 Å². The van der Waals surface area contributed by atoms with E-state index < -0.39 is 19.9 Å². The first-order valence-corrected chi connectivity index (χ1v) is 14.2. The Morgan fingerprint density at radius 2 is 1.66 bits per heavy atom. The summed E-state index contributed by atoms with van der Waals surface area (Å²) in [5, 5.41) is 0.106. The SMILES string of the molecule is COc1ccc(Br)cc1S(=O)(=O)Nc1cc(Cl)cc(S(=O)(=O)CCN(C(C)C)C(C)C)c1. The van der Waals surface area contributed by atoms with Crippen LogP contribution in [0, 0.1) is 0 Å². The highest BCUT2D eigenvalue weighted by Gasteiger charge is 2.24. The molecule has 0 unspecified atom stereocenters. The summed E-state index contributed by atoms with van der Waals surface area (Å²) in [7, 11) is -6.41. The Morgan fingerprint density at radius 1 is 1.03 bits per heavy atom. The molecule has 0 atom stereocenters. The van der Waals surface area contributed by atoms with E-state index in [4.69, 9.17) is 16.3 Å². The Labute approximate surface area is 204 Å². The number of ether oxygens (including phenoxy) is 1. The number of hydrogen-bond acceptors (Lipinski definition) is 6. The minimum atomic E-state index is -4.07. The van der Waals surface area contributed by atoms with Crippen molar-refractivity contribution in [1.29, 1.82) is 0 Å². The number of nitrogens with zero attached hydrogens (tertiary/aromatic N) is 1. The zero-order valence-corrected chi connectivity index (χ0v) is 22.6. The summed E-state index contributed by atoms with van der Waals surface area (Å²) in [6.45, 7) is 8.38. The number of rotatable bonds is 10. The normalized spacial score (nSPS) is 12.6. The number of sulfonamides is 1. The van der Waals surface area contributed by atoms with E-state index in [0.29, 0.717) is 11.0 Å². The number of nitrogens with one attached hydrogen (secondary N) is 1. The number of hydrogen-bond donors (Lipinski definition) is 1. The third kappa shape index (κ3) is 6.84. The lowest BCUT2D eigenvalue weighted by Crippen LogP contribution is -2.40. The van der Waals surface area contributed by atoms with Gasteiger partial charge >= 0.3 is 0 Å². The largest absolute Gasteiger partial charge is 0.495 e. The molecule has 32 heavy (non-hydrogen) atoms. The number of anilines is 1. The Balaban J connectivity index is 2.36. The molecule has 7 nitrogen and oxygen atoms in total. The van der Waals surface area contributed by atoms with E-state index in [0.717, 1.165) is 0 Å². The molecule has 0 heterocycles. The van der Waals surface area contributed by atoms with Crippen molar-refractivity contribution in [2.75, 3.05) is 24.1 Å². The van der Waals surface area contributed by atoms with Gasteiger partial charge in [-0.1, -0.05) is 27.5 Å². The smallest absolute Gasteiger partial charge is 0.265 e. The Kier molecular flexibility index (Phi) is 9.03. The molecule has 0 aliphatic carbocycles. The first kappa shape index (κ1) is 26.9. The Bertz CT molecular complexity index is 1160. The molecule has 0 saturated heterocycles. The number of sulfone groups is 1. The van der Waals surface area contributed by atoms with Crippen LogP contribution in [0.2, 0.25) is 5.02 Å². The van der Waals surface area contributed by atoms with Gasteiger partial charge in [-0.15, -0.1) is 0 Å². The van der Waals surface area contributed by atoms with Crippen molar-refractivity contribution in [1.82, 2.24) is 4.90 Å². The maximum Gasteiger partial charge on any atom is 0.265 e. The van der Waals surface area contributed by atoms with Crippen LogP contribution in [0.4, 0.5) is 5.69 Å². The van der Waals surface area contributed by atoms with Crippen LogP contribution in [-0.2, 0) is 19.9 Å². The third-order valence-electron chi connectivity index (χ3n) is 4.84. The molecule has 0 radical (unpaired) electrons. The van der Waals surface area contributed by atoms with Gasteiger partial charge in [0, 0.05) is 28.1 Å². The van der Waals surface area contributed by atoms with Crippen LogP contribution in [0.15, 0.2) is 50.7 Å². The molecular formula is C21H28BrClN2O5S2. The topological polar surface area (TPSA) is 92.8 Å². The molecule has 0 spiro atoms. The molecule has 0 aliphatic rings. The predicted octanol–water partition coefficient (Wildman–Crippen LogP) is 4.80. The first-order valence-electron chi connectivity index (χ1n) is 9.92. The maximum absolute atomic E-state index is 13.0. The van der Waals surface area contributed by atoms with Gasteiger partial charge < -0.3 is 4.74 Å². The van der Waals surface area contributed by atoms with Crippen molar-refractivity contribution in [2.45, 2.75) is 49.6 Å². The van der Waals surface area contributed by atoms with Crippen LogP contribution in [0.25, 0.3) is 0 Å². The summed E-state index contributed by atoms with van der Waals surface area (Å²) in [6, 6.07) is 8.90. The Morgan fingerprint density at radius 3 is 2.22 bits per heavy atom. The summed E-state index contributed by atoms with van der Waals surface area (Å²) in [4.78, 5) is 1.94. The van der Waals surface area contributed by atoms with Gasteiger partial charge in [0.25, 0.3) is 10.0 Å². The van der Waals surface area contributed by atoms with Crippen LogP contribution >= 0.6 is 27.5 Å². The first-order chi connectivity index (χ1) is 14.8. The van der Waals surface area contributed by atoms with E-state index in [9.17, 15) is 16.8 Å². The molecule has 2 aromatic rings. The van der Waals surface area contributed by atoms with Crippen molar-refractivity contribution in [2.24, 2.45) is 0 Å². The highest BCUT2D eigenvalue weighted by Crippen LogP contribution is 2.30. The van der Waals surface area contributed by atoms with Gasteiger partial charge in [0.15, 0.2) is 9.84 Å². The fraction of sp³-hybridized carbons (Fsp3) is 0.429. The monoisotopic (exact) mass is 566 g/mol. The zero-order valence-electron chi connectivity index (χ0n) is 18.6. The summed E-state index contributed by atoms with van der Waals surface area (Å²) in [5.41, 5.74) is 0.0441. The minimum absolute atomic E-state index is 0.0441. The number of halogens is 2. The van der Waals surface area contributed by atoms with Gasteiger partial charge in [0.2, 0.25) is 0 Å². The molecule has 0 aromatic heterocycles. The molecule has 0 aliphatic heterocycles. The van der Waals surface area contributed by atoms with Crippen molar-refractivity contribution in [3.05, 3.63) is 45.9 Å². The summed E-state index contributed by atoms with van der Waals surface area (Å²) < 4.78 is 60.0. The highest BCUT2D eigenvalue weighted by atomic mass is 79.9. The molecule has 178 valence electrons. The van der Waals surface area contributed by atoms with Crippen LogP contribution in [-0.4, -0.2) is 53.2 Å². The van der Waals surface area contributed by atoms with E-state index in [1.165, 1.54) is 37.4 Å². The van der Waals surface area contributed by atoms with E-state index in [2.05, 4.69) is 25.6 Å². The maximum atomic E-state index is 13.0. The minimum Gasteiger partial charge on any atom is -0.495 e. The quantitative estimate of drug-likeness (QED) is 0.443. The van der Waals surface area contributed by atoms with E-state index >= 15 is 0 Å². The zero-order chi connectivity index (χ0) is 24.3. The number of benzene rings is 2. The van der Waals surface area contributed by atoms with Gasteiger partial charge in [0.1, 0.15) is 10.6 Å². The van der Waals surface area contributed by atoms with Gasteiger partial charge in [-0.2, -0.15) is 0 Å². The molecule has 1 N–H and O–H groups in total. The fourth-order valence-electron chi connectivity index (χ4n) is 3.33. The van der Waals surface area contributed by atoms with Crippen molar-refractivity contribution in [3.8, 4) is 5.75 Å². The van der Waals surface area contributed by atoms with Gasteiger partial charge in [0.05, 0.1) is 23.4 Å². The van der Waals surface area contributed by atoms with Gasteiger partial charge in [-0.25, -0.2) is 16.8 Å². The van der Waals surface area contributed by atoms with E-state index in [-0.39, 0.29) is 44.1 Å². The van der Waals surface area contributed by atoms with Crippen LogP contribution in [0.1, 0.15) is 27.7 Å². The standard InChI is InChI=1S/C21H28BrClN2O5S2/c1-14(2)25(15(3)4)8-9-31(26,27)19-12-17(23)11-18(13-19)24-32(28,29)21-10-16(22)6-7-20(21)30-5/h6-7,10-15,24H,8-9H2,1-5H3. The molecule has 0 amide bonds. The molecule has 0 fully saturated rings. The molecule has 11 heteroatoms. The molecular weight excluding hydrogens is 540 g/mol. The molecule has 0 bridgehead atoms. The average molecular weight is 568 g/mol. The average Bonchev–Trinajstić information content (AvgIpc) is 2.66. The Hall–Kier alpha value is -1.33. The summed E-state index contributed by atoms with van der Waals surface area (Å²) >= 11 is 9.39. The second-order valence-electron chi connectivity index (χ2n) is 7.82. The van der Waals surface area contributed by atoms with E-state index in [1.807, 2.05) is 27.7 Å². The third-order valence-corrected chi connectivity index (χ3v) is 8.63. The lowest BCUT2D eigenvalue weighted by Gasteiger charge is -2.30. The second-order valence-corrected chi connectivity index (χ2v) is 12.9. The lowest BCUT2D eigenvalue weighted by atomic mass is 10.2. The van der Waals surface area contributed by atoms with Crippen molar-refractivity contribution in [3.63, 3.8) is 0 Å².